The van der Waals surface area contributed by atoms with Crippen LogP contribution >= 0.6 is 0 Å². The number of aliphatic hydroxyl groups excluding tert-OH is 1. The number of hydrogen-bond acceptors (Lipinski definition) is 4. The van der Waals surface area contributed by atoms with Gasteiger partial charge in [-0.25, -0.2) is 0 Å². The molecule has 0 bridgehead atoms. The highest BCUT2D eigenvalue weighted by molar-refractivity contribution is 4.70. The molecular weight excluding hydrogens is 150 g/mol. The molecule has 4 N–H and O–H groups in total. The van der Waals surface area contributed by atoms with E-state index >= 15 is 0 Å². The number of hydroxylamine groups is 3. The lowest BCUT2D eigenvalue weighted by Crippen LogP contribution is -2.47. The van der Waals surface area contributed by atoms with Crippen molar-refractivity contribution in [2.24, 2.45) is 5.41 Å². The number of aliphatic hydroxyl groups is 1. The van der Waals surface area contributed by atoms with Crippen LogP contribution in [0.1, 0.15) is 20.8 Å². The van der Waals surface area contributed by atoms with E-state index in [9.17, 15) is 5.11 Å². The minimum atomic E-state index is -2.18. The summed E-state index contributed by atoms with van der Waals surface area (Å²) in [5, 5.41) is 34.5. The molecule has 1 atom stereocenters. The van der Waals surface area contributed by atoms with E-state index in [1.807, 2.05) is 0 Å². The number of nitrogens with zero attached hydrogens (tertiary/aromatic N) is 1. The molecule has 0 aliphatic carbocycles. The zero-order chi connectivity index (χ0) is 9.28. The van der Waals surface area contributed by atoms with Gasteiger partial charge in [0.15, 0.2) is 0 Å². The minimum Gasteiger partial charge on any atom is -0.386 e. The summed E-state index contributed by atoms with van der Waals surface area (Å²) >= 11 is 0. The van der Waals surface area contributed by atoms with Gasteiger partial charge in [-0.3, -0.25) is 0 Å². The summed E-state index contributed by atoms with van der Waals surface area (Å²) in [6, 6.07) is 0. The van der Waals surface area contributed by atoms with Gasteiger partial charge in [0.1, 0.15) is 6.10 Å². The standard InChI is InChI=1S/C6H16NO4/c1-6(2,3)5(8)4-7(9,10)11/h5,8-11H,4H2,1-3H3/q+1. The molecule has 68 valence electrons. The monoisotopic (exact) mass is 166 g/mol. The van der Waals surface area contributed by atoms with Crippen molar-refractivity contribution in [2.75, 3.05) is 6.54 Å². The van der Waals surface area contributed by atoms with Crippen molar-refractivity contribution in [1.29, 1.82) is 0 Å². The second-order valence-corrected chi connectivity index (χ2v) is 3.76. The molecule has 0 aromatic heterocycles. The largest absolute Gasteiger partial charge is 0.386 e. The summed E-state index contributed by atoms with van der Waals surface area (Å²) in [7, 11) is 0. The van der Waals surface area contributed by atoms with E-state index in [4.69, 9.17) is 15.6 Å². The Morgan fingerprint density at radius 3 is 1.64 bits per heavy atom. The van der Waals surface area contributed by atoms with E-state index in [-0.39, 0.29) is 0 Å². The molecule has 0 spiro atoms. The maximum absolute atomic E-state index is 9.23. The Morgan fingerprint density at radius 2 is 1.55 bits per heavy atom. The van der Waals surface area contributed by atoms with Crippen LogP contribution in [0.4, 0.5) is 0 Å². The fourth-order valence-electron chi connectivity index (χ4n) is 0.506. The molecule has 0 saturated heterocycles. The Labute approximate surface area is 65.6 Å². The molecule has 5 heteroatoms. The first-order chi connectivity index (χ1) is 4.63. The van der Waals surface area contributed by atoms with E-state index in [2.05, 4.69) is 0 Å². The van der Waals surface area contributed by atoms with Crippen LogP contribution in [-0.4, -0.2) is 38.3 Å². The lowest BCUT2D eigenvalue weighted by molar-refractivity contribution is -1.37. The van der Waals surface area contributed by atoms with Crippen molar-refractivity contribution in [3.63, 3.8) is 0 Å². The smallest absolute Gasteiger partial charge is 0.203 e. The van der Waals surface area contributed by atoms with Gasteiger partial charge in [-0.1, -0.05) is 20.8 Å². The van der Waals surface area contributed by atoms with Crippen molar-refractivity contribution in [3.8, 4) is 0 Å². The first kappa shape index (κ1) is 10.8. The highest BCUT2D eigenvalue weighted by atomic mass is 17.1. The second-order valence-electron chi connectivity index (χ2n) is 3.76. The lowest BCUT2D eigenvalue weighted by Gasteiger charge is -2.26. The zero-order valence-electron chi connectivity index (χ0n) is 7.02. The average Bonchev–Trinajstić information content (AvgIpc) is 1.56. The van der Waals surface area contributed by atoms with Crippen molar-refractivity contribution < 1.29 is 25.7 Å². The fraction of sp³-hybridized carbons (Fsp3) is 1.00. The van der Waals surface area contributed by atoms with Gasteiger partial charge in [0.25, 0.3) is 0 Å². The molecule has 0 heterocycles. The van der Waals surface area contributed by atoms with Crippen LogP contribution in [0.15, 0.2) is 0 Å². The summed E-state index contributed by atoms with van der Waals surface area (Å²) < 4.78 is 0. The molecule has 0 aromatic carbocycles. The fourth-order valence-corrected chi connectivity index (χ4v) is 0.506. The summed E-state index contributed by atoms with van der Waals surface area (Å²) in [6.07, 6.45) is -0.970. The predicted octanol–water partition coefficient (Wildman–Crippen LogP) is 0.378. The molecule has 0 fully saturated rings. The van der Waals surface area contributed by atoms with Gasteiger partial charge in [0.2, 0.25) is 6.54 Å². The number of rotatable bonds is 2. The molecule has 11 heavy (non-hydrogen) atoms. The summed E-state index contributed by atoms with van der Waals surface area (Å²) in [5.74, 6) is 0. The van der Waals surface area contributed by atoms with Crippen LogP contribution in [0.5, 0.6) is 0 Å². The molecule has 0 radical (unpaired) electrons. The van der Waals surface area contributed by atoms with Gasteiger partial charge < -0.3 is 5.11 Å². The van der Waals surface area contributed by atoms with Gasteiger partial charge in [0, 0.05) is 0 Å². The molecule has 0 aromatic rings. The van der Waals surface area contributed by atoms with Crippen LogP contribution in [0, 0.1) is 5.41 Å². The summed E-state index contributed by atoms with van der Waals surface area (Å²) in [6.45, 7) is 4.66. The van der Waals surface area contributed by atoms with Crippen LogP contribution < -0.4 is 0 Å². The third-order valence-corrected chi connectivity index (χ3v) is 1.42. The highest BCUT2D eigenvalue weighted by Gasteiger charge is 2.32. The van der Waals surface area contributed by atoms with Gasteiger partial charge in [-0.2, -0.15) is 0 Å². The van der Waals surface area contributed by atoms with E-state index in [0.717, 1.165) is 0 Å². The molecule has 0 aliphatic rings. The van der Waals surface area contributed by atoms with Crippen LogP contribution in [0.3, 0.4) is 0 Å². The van der Waals surface area contributed by atoms with E-state index in [0.29, 0.717) is 0 Å². The first-order valence-electron chi connectivity index (χ1n) is 3.37. The predicted molar refractivity (Wildman–Crippen MR) is 35.9 cm³/mol. The maximum atomic E-state index is 9.23. The highest BCUT2D eigenvalue weighted by Crippen LogP contribution is 2.20. The Balaban J connectivity index is 3.99. The molecule has 0 saturated carbocycles. The Bertz CT molecular complexity index is 124. The molecule has 5 nitrogen and oxygen atoms in total. The maximum Gasteiger partial charge on any atom is 0.203 e. The Hall–Kier alpha value is -0.200. The lowest BCUT2D eigenvalue weighted by atomic mass is 9.89. The van der Waals surface area contributed by atoms with Crippen molar-refractivity contribution in [3.05, 3.63) is 0 Å². The van der Waals surface area contributed by atoms with Gasteiger partial charge in [-0.15, -0.1) is 15.6 Å². The van der Waals surface area contributed by atoms with Gasteiger partial charge >= 0.3 is 0 Å². The first-order valence-corrected chi connectivity index (χ1v) is 3.37. The van der Waals surface area contributed by atoms with Gasteiger partial charge in [-0.05, 0) is 5.41 Å². The number of hydrogen-bond donors (Lipinski definition) is 4. The molecular formula is C6H16NO4+. The Kier molecular flexibility index (Phi) is 2.98. The van der Waals surface area contributed by atoms with Crippen LogP contribution in [-0.2, 0) is 0 Å². The van der Waals surface area contributed by atoms with Crippen LogP contribution in [0.2, 0.25) is 0 Å². The summed E-state index contributed by atoms with van der Waals surface area (Å²) in [5.41, 5.74) is -0.475. The average molecular weight is 166 g/mol. The minimum absolute atomic E-state index is 0.475. The van der Waals surface area contributed by atoms with E-state index in [1.165, 1.54) is 0 Å². The third-order valence-electron chi connectivity index (χ3n) is 1.42. The Morgan fingerprint density at radius 1 is 1.18 bits per heavy atom. The van der Waals surface area contributed by atoms with Crippen molar-refractivity contribution in [1.82, 2.24) is 0 Å². The zero-order valence-corrected chi connectivity index (χ0v) is 7.02. The van der Waals surface area contributed by atoms with E-state index < -0.39 is 23.0 Å². The van der Waals surface area contributed by atoms with Crippen molar-refractivity contribution >= 4 is 0 Å². The third kappa shape index (κ3) is 5.11. The number of quaternary nitrogens is 1. The van der Waals surface area contributed by atoms with Gasteiger partial charge in [0.05, 0.1) is 4.97 Å². The van der Waals surface area contributed by atoms with Crippen molar-refractivity contribution in [2.45, 2.75) is 26.9 Å². The molecule has 1 unspecified atom stereocenters. The topological polar surface area (TPSA) is 80.9 Å². The normalized spacial score (nSPS) is 16.6. The second kappa shape index (κ2) is 3.04. The molecule has 0 amide bonds. The molecule has 0 rings (SSSR count). The molecule has 0 aliphatic heterocycles. The van der Waals surface area contributed by atoms with Crippen LogP contribution in [0.25, 0.3) is 0 Å². The SMILES string of the molecule is CC(C)(C)C(O)C[N+](O)(O)O. The van der Waals surface area contributed by atoms with E-state index in [1.54, 1.807) is 20.8 Å². The quantitative estimate of drug-likeness (QED) is 0.353. The summed E-state index contributed by atoms with van der Waals surface area (Å²) in [4.78, 5) is -2.18.